The molecular weight excluding hydrogens is 517 g/mol. The second-order valence-electron chi connectivity index (χ2n) is 10.0. The largest absolute Gasteiger partial charge is 0.493 e. The molecule has 0 unspecified atom stereocenters. The zero-order valence-corrected chi connectivity index (χ0v) is 23.8. The number of fused-ring (bicyclic) bond motifs is 2. The van der Waals surface area contributed by atoms with E-state index in [1.807, 2.05) is 18.4 Å². The number of amides is 2. The van der Waals surface area contributed by atoms with E-state index >= 15 is 0 Å². The number of aliphatic hydroxyl groups is 1. The average Bonchev–Trinajstić information content (AvgIpc) is 2.91. The number of ether oxygens (including phenoxy) is 1. The van der Waals surface area contributed by atoms with Crippen LogP contribution in [0.4, 0.5) is 4.39 Å². The monoisotopic (exact) mass is 559 g/mol. The Hall–Kier alpha value is -2.62. The zero-order chi connectivity index (χ0) is 28.0. The minimum absolute atomic E-state index is 0.162. The van der Waals surface area contributed by atoms with E-state index in [0.717, 1.165) is 24.8 Å². The molecule has 0 saturated heterocycles. The SMILES string of the molecule is CCc1cccc(CNC[C@@H](O)[C@@H]2Cc3cc(F)cc(c3)OCCCCCC(=O)N[C@@H](CCSC)C(=O)N2)c1. The maximum absolute atomic E-state index is 14.5. The molecule has 2 aromatic carbocycles. The highest BCUT2D eigenvalue weighted by molar-refractivity contribution is 7.98. The number of halogens is 1. The summed E-state index contributed by atoms with van der Waals surface area (Å²) < 4.78 is 20.2. The molecule has 0 fully saturated rings. The van der Waals surface area contributed by atoms with Gasteiger partial charge in [-0.05, 0) is 79.4 Å². The summed E-state index contributed by atoms with van der Waals surface area (Å²) >= 11 is 1.60. The molecule has 214 valence electrons. The van der Waals surface area contributed by atoms with Gasteiger partial charge in [-0.25, -0.2) is 4.39 Å². The van der Waals surface area contributed by atoms with Crippen LogP contribution in [-0.4, -0.2) is 60.3 Å². The molecule has 1 heterocycles. The standard InChI is InChI=1S/C30H42FN3O4S/c1-3-21-8-7-9-22(14-21)19-32-20-28(35)27-17-23-15-24(31)18-25(16-23)38-12-6-4-5-10-29(36)33-26(11-13-39-2)30(37)34-27/h7-9,14-16,18,26-28,32,35H,3-6,10-13,17,19-20H2,1-2H3,(H,33,36)(H,34,37)/t26-,27-,28+/m0/s1. The summed E-state index contributed by atoms with van der Waals surface area (Å²) in [5.41, 5.74) is 2.96. The Morgan fingerprint density at radius 2 is 1.95 bits per heavy atom. The fraction of sp³-hybridized carbons (Fsp3) is 0.533. The van der Waals surface area contributed by atoms with Crippen molar-refractivity contribution in [2.75, 3.05) is 25.2 Å². The number of thioether (sulfide) groups is 1. The zero-order valence-electron chi connectivity index (χ0n) is 23.0. The molecule has 39 heavy (non-hydrogen) atoms. The van der Waals surface area contributed by atoms with Crippen molar-refractivity contribution in [1.29, 1.82) is 0 Å². The normalized spacial score (nSPS) is 20.0. The molecule has 2 aromatic rings. The number of nitrogens with one attached hydrogen (secondary N) is 3. The molecule has 4 N–H and O–H groups in total. The first kappa shape index (κ1) is 30.9. The van der Waals surface area contributed by atoms with E-state index in [4.69, 9.17) is 4.74 Å². The van der Waals surface area contributed by atoms with Gasteiger partial charge in [-0.2, -0.15) is 11.8 Å². The minimum atomic E-state index is -0.952. The van der Waals surface area contributed by atoms with Crippen LogP contribution in [0.2, 0.25) is 0 Å². The Morgan fingerprint density at radius 1 is 1.13 bits per heavy atom. The first-order chi connectivity index (χ1) is 18.9. The number of aryl methyl sites for hydroxylation is 1. The molecule has 7 nitrogen and oxygen atoms in total. The predicted molar refractivity (Wildman–Crippen MR) is 154 cm³/mol. The van der Waals surface area contributed by atoms with Crippen molar-refractivity contribution in [2.24, 2.45) is 0 Å². The molecule has 0 aliphatic carbocycles. The molecule has 2 amide bonds. The van der Waals surface area contributed by atoms with Gasteiger partial charge in [-0.3, -0.25) is 9.59 Å². The van der Waals surface area contributed by atoms with Crippen LogP contribution in [0.3, 0.4) is 0 Å². The van der Waals surface area contributed by atoms with Crippen LogP contribution in [0.15, 0.2) is 42.5 Å². The average molecular weight is 560 g/mol. The van der Waals surface area contributed by atoms with Crippen molar-refractivity contribution in [3.63, 3.8) is 0 Å². The first-order valence-corrected chi connectivity index (χ1v) is 15.2. The van der Waals surface area contributed by atoms with Crippen LogP contribution in [0.1, 0.15) is 55.7 Å². The number of carbonyl (C=O) groups is 2. The lowest BCUT2D eigenvalue weighted by Crippen LogP contribution is -2.55. The van der Waals surface area contributed by atoms with Crippen molar-refractivity contribution in [3.8, 4) is 5.75 Å². The fourth-order valence-corrected chi connectivity index (χ4v) is 5.11. The third-order valence-corrected chi connectivity index (χ3v) is 7.48. The number of benzene rings is 2. The van der Waals surface area contributed by atoms with Crippen LogP contribution in [0.5, 0.6) is 5.75 Å². The Balaban J connectivity index is 1.79. The lowest BCUT2D eigenvalue weighted by molar-refractivity contribution is -0.130. The van der Waals surface area contributed by atoms with Crippen LogP contribution in [-0.2, 0) is 29.0 Å². The Labute approximate surface area is 235 Å². The molecule has 1 aliphatic heterocycles. The van der Waals surface area contributed by atoms with Crippen molar-refractivity contribution in [2.45, 2.75) is 76.6 Å². The fourth-order valence-electron chi connectivity index (χ4n) is 4.63. The molecule has 1 aliphatic rings. The first-order valence-electron chi connectivity index (χ1n) is 13.9. The molecule has 2 bridgehead atoms. The van der Waals surface area contributed by atoms with E-state index in [1.165, 1.54) is 17.7 Å². The summed E-state index contributed by atoms with van der Waals surface area (Å²) in [5.74, 6) is 0.180. The number of hydrogen-bond acceptors (Lipinski definition) is 6. The highest BCUT2D eigenvalue weighted by Gasteiger charge is 2.27. The Kier molecular flexibility index (Phi) is 13.1. The van der Waals surface area contributed by atoms with Gasteiger partial charge >= 0.3 is 0 Å². The van der Waals surface area contributed by atoms with Gasteiger partial charge < -0.3 is 25.8 Å². The van der Waals surface area contributed by atoms with Gasteiger partial charge in [0, 0.05) is 25.6 Å². The highest BCUT2D eigenvalue weighted by Crippen LogP contribution is 2.20. The van der Waals surface area contributed by atoms with E-state index in [2.05, 4.69) is 35.0 Å². The van der Waals surface area contributed by atoms with Crippen LogP contribution in [0, 0.1) is 5.82 Å². The maximum Gasteiger partial charge on any atom is 0.242 e. The van der Waals surface area contributed by atoms with Gasteiger partial charge in [-0.1, -0.05) is 31.2 Å². The van der Waals surface area contributed by atoms with Gasteiger partial charge in [0.25, 0.3) is 0 Å². The van der Waals surface area contributed by atoms with Gasteiger partial charge in [0.15, 0.2) is 0 Å². The van der Waals surface area contributed by atoms with Crippen LogP contribution in [0.25, 0.3) is 0 Å². The van der Waals surface area contributed by atoms with Gasteiger partial charge in [0.1, 0.15) is 17.6 Å². The smallest absolute Gasteiger partial charge is 0.242 e. The molecule has 0 radical (unpaired) electrons. The molecule has 3 atom stereocenters. The minimum Gasteiger partial charge on any atom is -0.493 e. The van der Waals surface area contributed by atoms with E-state index in [9.17, 15) is 19.1 Å². The van der Waals surface area contributed by atoms with E-state index in [0.29, 0.717) is 49.5 Å². The maximum atomic E-state index is 14.5. The van der Waals surface area contributed by atoms with Crippen molar-refractivity contribution < 1.29 is 23.8 Å². The van der Waals surface area contributed by atoms with Crippen molar-refractivity contribution >= 4 is 23.6 Å². The van der Waals surface area contributed by atoms with Gasteiger partial charge in [0.05, 0.1) is 18.8 Å². The Bertz CT molecular complexity index is 1070. The molecule has 9 heteroatoms. The van der Waals surface area contributed by atoms with E-state index in [1.54, 1.807) is 17.8 Å². The van der Waals surface area contributed by atoms with Gasteiger partial charge in [0.2, 0.25) is 11.8 Å². The second kappa shape index (κ2) is 16.5. The summed E-state index contributed by atoms with van der Waals surface area (Å²) in [6, 6.07) is 11.3. The third-order valence-electron chi connectivity index (χ3n) is 6.84. The third kappa shape index (κ3) is 10.8. The summed E-state index contributed by atoms with van der Waals surface area (Å²) in [5, 5.41) is 20.3. The van der Waals surface area contributed by atoms with Crippen LogP contribution < -0.4 is 20.7 Å². The summed E-state index contributed by atoms with van der Waals surface area (Å²) in [4.78, 5) is 25.9. The van der Waals surface area contributed by atoms with Gasteiger partial charge in [-0.15, -0.1) is 0 Å². The predicted octanol–water partition coefficient (Wildman–Crippen LogP) is 3.76. The molecule has 3 rings (SSSR count). The lowest BCUT2D eigenvalue weighted by atomic mass is 9.99. The van der Waals surface area contributed by atoms with Crippen LogP contribution >= 0.6 is 11.8 Å². The van der Waals surface area contributed by atoms with Crippen molar-refractivity contribution in [3.05, 3.63) is 65.0 Å². The number of rotatable bonds is 9. The Morgan fingerprint density at radius 3 is 2.74 bits per heavy atom. The lowest BCUT2D eigenvalue weighted by Gasteiger charge is -2.28. The summed E-state index contributed by atoms with van der Waals surface area (Å²) in [7, 11) is 0. The van der Waals surface area contributed by atoms with Crippen molar-refractivity contribution in [1.82, 2.24) is 16.0 Å². The summed E-state index contributed by atoms with van der Waals surface area (Å²) in [6.45, 7) is 3.32. The number of aliphatic hydroxyl groups excluding tert-OH is 1. The highest BCUT2D eigenvalue weighted by atomic mass is 32.2. The molecule has 0 saturated carbocycles. The molecule has 0 spiro atoms. The topological polar surface area (TPSA) is 99.7 Å². The number of hydrogen-bond donors (Lipinski definition) is 4. The molecular formula is C30H42FN3O4S. The quantitative estimate of drug-likeness (QED) is 0.374. The van der Waals surface area contributed by atoms with E-state index in [-0.39, 0.29) is 24.8 Å². The number of carbonyl (C=O) groups excluding carboxylic acids is 2. The molecule has 0 aromatic heterocycles. The summed E-state index contributed by atoms with van der Waals surface area (Å²) in [6.07, 6.45) is 5.16. The van der Waals surface area contributed by atoms with E-state index < -0.39 is 24.0 Å². The second-order valence-corrected chi connectivity index (χ2v) is 11.0.